The number of benzene rings is 1. The Morgan fingerprint density at radius 1 is 1.20 bits per heavy atom. The molecule has 3 heteroatoms. The normalized spacial score (nSPS) is 34.5. The smallest absolute Gasteiger partial charge is 0.152 e. The monoisotopic (exact) mass is 290 g/mol. The van der Waals surface area contributed by atoms with Crippen LogP contribution in [0, 0.1) is 16.7 Å². The summed E-state index contributed by atoms with van der Waals surface area (Å²) in [6.45, 7) is 6.72. The van der Waals surface area contributed by atoms with Gasteiger partial charge in [-0.1, -0.05) is 20.8 Å². The van der Waals surface area contributed by atoms with Gasteiger partial charge in [0.05, 0.1) is 12.4 Å². The molecule has 0 unspecified atom stereocenters. The van der Waals surface area contributed by atoms with Crippen LogP contribution in [0.2, 0.25) is 0 Å². The van der Waals surface area contributed by atoms with Gasteiger partial charge in [-0.15, -0.1) is 11.8 Å². The van der Waals surface area contributed by atoms with Gasteiger partial charge >= 0.3 is 0 Å². The molecule has 3 atom stereocenters. The van der Waals surface area contributed by atoms with Crippen LogP contribution in [-0.2, 0) is 4.79 Å². The maximum atomic E-state index is 12.8. The number of Topliss-reactive ketones (excluding diaryl/α,β-unsaturated/α-hetero) is 1. The predicted molar refractivity (Wildman–Crippen MR) is 82.3 cm³/mol. The fourth-order valence-corrected chi connectivity index (χ4v) is 5.53. The van der Waals surface area contributed by atoms with Crippen molar-refractivity contribution in [2.75, 3.05) is 7.11 Å². The third-order valence-corrected chi connectivity index (χ3v) is 7.14. The highest BCUT2D eigenvalue weighted by atomic mass is 32.2. The number of carbonyl (C=O) groups excluding carboxylic acids is 1. The number of hydrogen-bond acceptors (Lipinski definition) is 3. The van der Waals surface area contributed by atoms with E-state index in [9.17, 15) is 4.79 Å². The second kappa shape index (κ2) is 4.52. The first-order valence-corrected chi connectivity index (χ1v) is 8.13. The van der Waals surface area contributed by atoms with Crippen LogP contribution in [0.15, 0.2) is 29.2 Å². The summed E-state index contributed by atoms with van der Waals surface area (Å²) < 4.78 is 5.18. The molecule has 108 valence electrons. The third kappa shape index (κ3) is 1.75. The molecule has 3 rings (SSSR count). The number of fused-ring (bicyclic) bond motifs is 2. The van der Waals surface area contributed by atoms with E-state index in [1.165, 1.54) is 6.42 Å². The second-order valence-electron chi connectivity index (χ2n) is 6.78. The van der Waals surface area contributed by atoms with Crippen LogP contribution in [0.25, 0.3) is 0 Å². The number of rotatable bonds is 3. The Labute approximate surface area is 125 Å². The number of thioether (sulfide) groups is 1. The largest absolute Gasteiger partial charge is 0.497 e. The van der Waals surface area contributed by atoms with Gasteiger partial charge in [0.1, 0.15) is 5.75 Å². The Morgan fingerprint density at radius 3 is 2.35 bits per heavy atom. The molecule has 2 aliphatic carbocycles. The number of hydrogen-bond donors (Lipinski definition) is 0. The van der Waals surface area contributed by atoms with E-state index in [2.05, 4.69) is 32.9 Å². The van der Waals surface area contributed by atoms with Crippen molar-refractivity contribution in [1.29, 1.82) is 0 Å². The molecule has 20 heavy (non-hydrogen) atoms. The van der Waals surface area contributed by atoms with Gasteiger partial charge in [0, 0.05) is 10.3 Å². The highest BCUT2D eigenvalue weighted by Crippen LogP contribution is 2.66. The lowest BCUT2D eigenvalue weighted by molar-refractivity contribution is -0.127. The zero-order valence-corrected chi connectivity index (χ0v) is 13.4. The van der Waals surface area contributed by atoms with Gasteiger partial charge in [-0.05, 0) is 48.4 Å². The fourth-order valence-electron chi connectivity index (χ4n) is 3.94. The number of methoxy groups -OCH3 is 1. The van der Waals surface area contributed by atoms with Crippen molar-refractivity contribution in [3.8, 4) is 5.75 Å². The molecule has 1 aromatic carbocycles. The molecule has 0 N–H and O–H groups in total. The van der Waals surface area contributed by atoms with Crippen LogP contribution in [0.5, 0.6) is 5.75 Å². The molecule has 2 fully saturated rings. The van der Waals surface area contributed by atoms with E-state index in [0.717, 1.165) is 17.1 Å². The van der Waals surface area contributed by atoms with E-state index in [-0.39, 0.29) is 16.1 Å². The maximum absolute atomic E-state index is 12.8. The molecule has 2 bridgehead atoms. The van der Waals surface area contributed by atoms with Gasteiger partial charge in [0.25, 0.3) is 0 Å². The van der Waals surface area contributed by atoms with E-state index in [4.69, 9.17) is 4.74 Å². The molecule has 0 amide bonds. The van der Waals surface area contributed by atoms with Crippen LogP contribution >= 0.6 is 11.8 Å². The van der Waals surface area contributed by atoms with E-state index in [0.29, 0.717) is 11.7 Å². The minimum Gasteiger partial charge on any atom is -0.497 e. The molecule has 0 spiro atoms. The van der Waals surface area contributed by atoms with Crippen molar-refractivity contribution in [2.45, 2.75) is 43.8 Å². The van der Waals surface area contributed by atoms with Crippen molar-refractivity contribution in [3.05, 3.63) is 24.3 Å². The lowest BCUT2D eigenvalue weighted by Crippen LogP contribution is -2.34. The van der Waals surface area contributed by atoms with Crippen molar-refractivity contribution in [1.82, 2.24) is 0 Å². The minimum absolute atomic E-state index is 0.122. The second-order valence-corrected chi connectivity index (χ2v) is 7.99. The van der Waals surface area contributed by atoms with E-state index >= 15 is 0 Å². The van der Waals surface area contributed by atoms with Crippen LogP contribution in [0.3, 0.4) is 0 Å². The molecule has 0 radical (unpaired) electrons. The summed E-state index contributed by atoms with van der Waals surface area (Å²) in [6.07, 6.45) is 2.24. The summed E-state index contributed by atoms with van der Waals surface area (Å²) in [5.74, 6) is 1.83. The van der Waals surface area contributed by atoms with Crippen molar-refractivity contribution in [2.24, 2.45) is 16.7 Å². The summed E-state index contributed by atoms with van der Waals surface area (Å²) >= 11 is 1.74. The predicted octanol–water partition coefficient (Wildman–Crippen LogP) is 4.18. The van der Waals surface area contributed by atoms with Crippen molar-refractivity contribution in [3.63, 3.8) is 0 Å². The quantitative estimate of drug-likeness (QED) is 0.835. The topological polar surface area (TPSA) is 26.3 Å². The third-order valence-electron chi connectivity index (χ3n) is 5.79. The average Bonchev–Trinajstić information content (AvgIpc) is 2.74. The lowest BCUT2D eigenvalue weighted by Gasteiger charge is -2.32. The van der Waals surface area contributed by atoms with Gasteiger partial charge in [0.2, 0.25) is 0 Å². The molecule has 2 aliphatic rings. The van der Waals surface area contributed by atoms with Gasteiger partial charge in [0.15, 0.2) is 5.78 Å². The summed E-state index contributed by atoms with van der Waals surface area (Å²) in [5, 5.41) is 0.122. The number of carbonyl (C=O) groups is 1. The zero-order chi connectivity index (χ0) is 14.5. The van der Waals surface area contributed by atoms with Crippen LogP contribution in [0.4, 0.5) is 0 Å². The molecule has 0 aliphatic heterocycles. The highest BCUT2D eigenvalue weighted by Gasteiger charge is 2.66. The van der Waals surface area contributed by atoms with Crippen molar-refractivity contribution < 1.29 is 9.53 Å². The Balaban J connectivity index is 1.83. The summed E-state index contributed by atoms with van der Waals surface area (Å²) in [7, 11) is 1.67. The maximum Gasteiger partial charge on any atom is 0.152 e. The average molecular weight is 290 g/mol. The van der Waals surface area contributed by atoms with E-state index in [1.807, 2.05) is 12.1 Å². The summed E-state index contributed by atoms with van der Waals surface area (Å²) in [4.78, 5) is 13.9. The van der Waals surface area contributed by atoms with Crippen LogP contribution < -0.4 is 4.74 Å². The Kier molecular flexibility index (Phi) is 3.16. The van der Waals surface area contributed by atoms with Gasteiger partial charge in [-0.2, -0.15) is 0 Å². The summed E-state index contributed by atoms with van der Waals surface area (Å²) in [5.41, 5.74) is 0.00994. The molecule has 0 saturated heterocycles. The standard InChI is InChI=1S/C17H22O2S/c1-16(2)13-9-10-17(16,3)15(18)14(13)20-12-7-5-11(19-4)6-8-12/h5-8,13-14H,9-10H2,1-4H3/t13-,14+,17+/m0/s1. The number of ether oxygens (including phenoxy) is 1. The first-order valence-electron chi connectivity index (χ1n) is 7.25. The van der Waals surface area contributed by atoms with Gasteiger partial charge in [-0.25, -0.2) is 0 Å². The molecular weight excluding hydrogens is 268 g/mol. The van der Waals surface area contributed by atoms with Gasteiger partial charge < -0.3 is 4.74 Å². The Hall–Kier alpha value is -0.960. The van der Waals surface area contributed by atoms with E-state index < -0.39 is 0 Å². The minimum atomic E-state index is -0.123. The Bertz CT molecular complexity index is 534. The molecule has 1 aromatic rings. The Morgan fingerprint density at radius 2 is 1.85 bits per heavy atom. The highest BCUT2D eigenvalue weighted by molar-refractivity contribution is 8.00. The van der Waals surface area contributed by atoms with Gasteiger partial charge in [-0.3, -0.25) is 4.79 Å². The molecule has 0 heterocycles. The van der Waals surface area contributed by atoms with E-state index in [1.54, 1.807) is 18.9 Å². The van der Waals surface area contributed by atoms with Crippen LogP contribution in [0.1, 0.15) is 33.6 Å². The fraction of sp³-hybridized carbons (Fsp3) is 0.588. The first kappa shape index (κ1) is 14.0. The lowest BCUT2D eigenvalue weighted by atomic mass is 9.70. The van der Waals surface area contributed by atoms with Crippen molar-refractivity contribution >= 4 is 17.5 Å². The first-order chi connectivity index (χ1) is 9.40. The molecule has 2 nitrogen and oxygen atoms in total. The molecule has 2 saturated carbocycles. The molecular formula is C17H22O2S. The number of ketones is 1. The summed E-state index contributed by atoms with van der Waals surface area (Å²) in [6, 6.07) is 8.04. The molecule has 0 aromatic heterocycles. The zero-order valence-electron chi connectivity index (χ0n) is 12.6. The van der Waals surface area contributed by atoms with Crippen LogP contribution in [-0.4, -0.2) is 18.1 Å². The SMILES string of the molecule is COc1ccc(S[C@H]2C(=O)[C@@]3(C)CC[C@@H]2C3(C)C)cc1.